The number of ether oxygens (including phenoxy) is 1. The number of amides is 1. The summed E-state index contributed by atoms with van der Waals surface area (Å²) in [4.78, 5) is 24.6. The maximum atomic E-state index is 12.3. The van der Waals surface area contributed by atoms with Crippen molar-refractivity contribution in [2.24, 2.45) is 5.92 Å². The van der Waals surface area contributed by atoms with Crippen molar-refractivity contribution in [3.63, 3.8) is 0 Å². The van der Waals surface area contributed by atoms with E-state index in [1.165, 1.54) is 18.2 Å². The molecule has 0 saturated carbocycles. The number of esters is 1. The number of phenols is 2. The van der Waals surface area contributed by atoms with E-state index in [4.69, 9.17) is 9.02 Å². The third kappa shape index (κ3) is 8.53. The third-order valence-electron chi connectivity index (χ3n) is 4.96. The molecule has 0 heterocycles. The molecule has 2 atom stereocenters. The van der Waals surface area contributed by atoms with Gasteiger partial charge in [0.25, 0.3) is 11.1 Å². The summed E-state index contributed by atoms with van der Waals surface area (Å²) in [5, 5.41) is 20.5. The van der Waals surface area contributed by atoms with Gasteiger partial charge in [-0.1, -0.05) is 54.6 Å². The minimum atomic E-state index is -2.33. The Hall–Kier alpha value is -3.73. The lowest BCUT2D eigenvalue weighted by atomic mass is 10.00. The summed E-state index contributed by atoms with van der Waals surface area (Å²) in [6, 6.07) is 22.3. The van der Waals surface area contributed by atoms with Crippen LogP contribution in [0.1, 0.15) is 21.5 Å². The number of aromatic hydroxyl groups is 2. The van der Waals surface area contributed by atoms with Crippen molar-refractivity contribution >= 4 is 22.3 Å². The number of rotatable bonds is 11. The van der Waals surface area contributed by atoms with Gasteiger partial charge >= 0.3 is 11.2 Å². The molecule has 0 aromatic heterocycles. The number of carbonyl (C=O) groups is 2. The minimum absolute atomic E-state index is 0.0406. The van der Waals surface area contributed by atoms with Gasteiger partial charge in [-0.15, -0.1) is 0 Å². The molecule has 3 rings (SSSR count). The highest BCUT2D eigenvalue weighted by Gasteiger charge is 2.19. The van der Waals surface area contributed by atoms with Crippen LogP contribution >= 0.6 is 0 Å². The van der Waals surface area contributed by atoms with E-state index in [1.54, 1.807) is 30.3 Å². The van der Waals surface area contributed by atoms with Crippen molar-refractivity contribution in [1.82, 2.24) is 10.8 Å². The monoisotopic (exact) mass is 498 g/mol. The normalized spacial score (nSPS) is 12.5. The number of carbonyl (C=O) groups excluding carboxylic acids is 2. The molecule has 0 aliphatic carbocycles. The number of hydrogen-bond acceptors (Lipinski definition) is 8. The summed E-state index contributed by atoms with van der Waals surface area (Å²) >= 11 is -2.33. The Bertz CT molecular complexity index is 1140. The highest BCUT2D eigenvalue weighted by Crippen LogP contribution is 2.24. The number of phenolic OH excluding ortho intramolecular Hbond substituents is 2. The van der Waals surface area contributed by atoms with Crippen molar-refractivity contribution < 1.29 is 33.0 Å². The van der Waals surface area contributed by atoms with E-state index in [0.29, 0.717) is 17.5 Å². The molecule has 0 fully saturated rings. The number of hydrogen-bond donors (Lipinski definition) is 4. The molecular formula is C25H26N2O7S. The van der Waals surface area contributed by atoms with Crippen LogP contribution in [0, 0.1) is 5.92 Å². The van der Waals surface area contributed by atoms with E-state index in [1.807, 2.05) is 30.3 Å². The lowest BCUT2D eigenvalue weighted by Crippen LogP contribution is -2.35. The SMILES string of the molecule is O=C(OCC(CNC(=O)S(=O)ONCc1ccc(O)c(O)c1)Cc1ccccc1)c1ccccc1. The predicted molar refractivity (Wildman–Crippen MR) is 130 cm³/mol. The quantitative estimate of drug-likeness (QED) is 0.180. The summed E-state index contributed by atoms with van der Waals surface area (Å²) in [5.74, 6) is -1.30. The van der Waals surface area contributed by atoms with Gasteiger partial charge in [0.1, 0.15) is 0 Å². The number of benzene rings is 3. The molecule has 1 amide bonds. The average Bonchev–Trinajstić information content (AvgIpc) is 2.88. The van der Waals surface area contributed by atoms with E-state index in [0.717, 1.165) is 5.56 Å². The van der Waals surface area contributed by atoms with Gasteiger partial charge in [-0.2, -0.15) is 9.76 Å². The third-order valence-corrected chi connectivity index (χ3v) is 5.68. The van der Waals surface area contributed by atoms with Crippen LogP contribution in [0.2, 0.25) is 0 Å². The van der Waals surface area contributed by atoms with E-state index in [2.05, 4.69) is 10.8 Å². The average molecular weight is 499 g/mol. The van der Waals surface area contributed by atoms with Crippen LogP contribution in [0.25, 0.3) is 0 Å². The van der Waals surface area contributed by atoms with Crippen molar-refractivity contribution in [2.45, 2.75) is 13.0 Å². The molecule has 35 heavy (non-hydrogen) atoms. The van der Waals surface area contributed by atoms with Crippen LogP contribution in [0.15, 0.2) is 78.9 Å². The largest absolute Gasteiger partial charge is 0.504 e. The van der Waals surface area contributed by atoms with Crippen LogP contribution in [0.5, 0.6) is 11.5 Å². The fourth-order valence-electron chi connectivity index (χ4n) is 3.16. The molecule has 0 saturated heterocycles. The molecule has 3 aromatic carbocycles. The van der Waals surface area contributed by atoms with Crippen LogP contribution in [-0.4, -0.2) is 38.8 Å². The number of nitrogens with one attached hydrogen (secondary N) is 2. The van der Waals surface area contributed by atoms with Crippen molar-refractivity contribution in [2.75, 3.05) is 13.2 Å². The minimum Gasteiger partial charge on any atom is -0.504 e. The van der Waals surface area contributed by atoms with Crippen molar-refractivity contribution in [1.29, 1.82) is 0 Å². The molecule has 4 N–H and O–H groups in total. The predicted octanol–water partition coefficient (Wildman–Crippen LogP) is 3.21. The van der Waals surface area contributed by atoms with E-state index >= 15 is 0 Å². The standard InChI is InChI=1S/C25H26N2O7S/c28-22-12-11-19(14-23(22)29)16-27-34-35(32)25(31)26-15-20(13-18-7-3-1-4-8-18)17-33-24(30)21-9-5-2-6-10-21/h1-12,14,20,27-29H,13,15-17H2,(H,26,31). The summed E-state index contributed by atoms with van der Waals surface area (Å²) in [5.41, 5.74) is 4.36. The van der Waals surface area contributed by atoms with Crippen LogP contribution in [0.4, 0.5) is 4.79 Å². The zero-order valence-corrected chi connectivity index (χ0v) is 19.6. The Morgan fingerprint density at radius 1 is 0.886 bits per heavy atom. The Balaban J connectivity index is 1.49. The second kappa shape index (κ2) is 13.2. The van der Waals surface area contributed by atoms with Gasteiger partial charge in [0.2, 0.25) is 0 Å². The summed E-state index contributed by atoms with van der Waals surface area (Å²) in [6.07, 6.45) is 0.527. The van der Waals surface area contributed by atoms with Crippen LogP contribution in [-0.2, 0) is 33.1 Å². The van der Waals surface area contributed by atoms with Gasteiger partial charge in [-0.25, -0.2) is 9.00 Å². The lowest BCUT2D eigenvalue weighted by Gasteiger charge is -2.18. The molecular weight excluding hydrogens is 472 g/mol. The van der Waals surface area contributed by atoms with Gasteiger partial charge in [0, 0.05) is 19.0 Å². The second-order valence-electron chi connectivity index (χ2n) is 7.65. The second-order valence-corrected chi connectivity index (χ2v) is 8.66. The summed E-state index contributed by atoms with van der Waals surface area (Å²) < 4.78 is 22.4. The molecule has 9 nitrogen and oxygen atoms in total. The van der Waals surface area contributed by atoms with Gasteiger partial charge in [-0.3, -0.25) is 4.79 Å². The molecule has 10 heteroatoms. The molecule has 184 valence electrons. The van der Waals surface area contributed by atoms with Gasteiger partial charge < -0.3 is 20.3 Å². The first-order valence-corrected chi connectivity index (χ1v) is 11.9. The Labute approximate surface area is 205 Å². The topological polar surface area (TPSA) is 134 Å². The zero-order chi connectivity index (χ0) is 25.0. The first-order valence-electron chi connectivity index (χ1n) is 10.8. The fourth-order valence-corrected chi connectivity index (χ4v) is 3.60. The first-order chi connectivity index (χ1) is 16.9. The maximum Gasteiger partial charge on any atom is 0.338 e. The van der Waals surface area contributed by atoms with Gasteiger partial charge in [-0.05, 0) is 41.8 Å². The zero-order valence-electron chi connectivity index (χ0n) is 18.8. The first kappa shape index (κ1) is 25.9. The fraction of sp³-hybridized carbons (Fsp3) is 0.200. The van der Waals surface area contributed by atoms with Crippen molar-refractivity contribution in [3.05, 3.63) is 95.6 Å². The van der Waals surface area contributed by atoms with Crippen molar-refractivity contribution in [3.8, 4) is 11.5 Å². The van der Waals surface area contributed by atoms with E-state index in [-0.39, 0.29) is 37.1 Å². The maximum absolute atomic E-state index is 12.3. The Kier molecular flexibility index (Phi) is 9.79. The van der Waals surface area contributed by atoms with E-state index < -0.39 is 22.3 Å². The summed E-state index contributed by atoms with van der Waals surface area (Å²) in [7, 11) is 0. The molecule has 3 aromatic rings. The van der Waals surface area contributed by atoms with Crippen LogP contribution in [0.3, 0.4) is 0 Å². The Morgan fingerprint density at radius 2 is 1.57 bits per heavy atom. The van der Waals surface area contributed by atoms with Crippen LogP contribution < -0.4 is 10.8 Å². The Morgan fingerprint density at radius 3 is 2.26 bits per heavy atom. The van der Waals surface area contributed by atoms with Gasteiger partial charge in [0.05, 0.1) is 12.2 Å². The lowest BCUT2D eigenvalue weighted by molar-refractivity contribution is 0.0440. The highest BCUT2D eigenvalue weighted by atomic mass is 32.2. The van der Waals surface area contributed by atoms with Gasteiger partial charge in [0.15, 0.2) is 11.5 Å². The number of hydroxylamine groups is 1. The van der Waals surface area contributed by atoms with E-state index in [9.17, 15) is 24.0 Å². The molecule has 0 spiro atoms. The molecule has 0 bridgehead atoms. The smallest absolute Gasteiger partial charge is 0.338 e. The molecule has 0 aliphatic heterocycles. The molecule has 0 aliphatic rings. The highest BCUT2D eigenvalue weighted by molar-refractivity contribution is 7.95. The molecule has 0 radical (unpaired) electrons. The summed E-state index contributed by atoms with van der Waals surface area (Å²) in [6.45, 7) is 0.203. The molecule has 2 unspecified atom stereocenters.